The van der Waals surface area contributed by atoms with Crippen molar-refractivity contribution in [1.29, 1.82) is 0 Å². The molecule has 2 nitrogen and oxygen atoms in total. The van der Waals surface area contributed by atoms with Crippen molar-refractivity contribution in [3.05, 3.63) is 24.1 Å². The van der Waals surface area contributed by atoms with Gasteiger partial charge in [0.1, 0.15) is 0 Å². The standard InChI is InChI=1S/C8H7BN2S2/c12-7-3-5-1-2-9-4-6(5)8(10-7)11-13/h1-4,13H,(H2,10,11,12). The number of anilines is 1. The second-order valence-corrected chi connectivity index (χ2v) is 3.34. The third-order valence-corrected chi connectivity index (χ3v) is 2.27. The molecule has 0 amide bonds. The zero-order valence-electron chi connectivity index (χ0n) is 6.73. The van der Waals surface area contributed by atoms with Crippen molar-refractivity contribution >= 4 is 48.9 Å². The number of fused-ring (bicyclic) bond motifs is 1. The van der Waals surface area contributed by atoms with E-state index in [2.05, 4.69) is 35.1 Å². The Morgan fingerprint density at radius 1 is 1.46 bits per heavy atom. The molecule has 0 bridgehead atoms. The molecule has 0 spiro atoms. The first-order valence-corrected chi connectivity index (χ1v) is 4.69. The summed E-state index contributed by atoms with van der Waals surface area (Å²) in [5.41, 5.74) is 0. The number of hydrogen-bond donors (Lipinski definition) is 3. The van der Waals surface area contributed by atoms with Crippen molar-refractivity contribution in [1.82, 2.24) is 4.98 Å². The summed E-state index contributed by atoms with van der Waals surface area (Å²) in [6.07, 6.45) is 0. The maximum atomic E-state index is 4.20. The molecule has 2 heterocycles. The summed E-state index contributed by atoms with van der Waals surface area (Å²) >= 11 is 8.19. The van der Waals surface area contributed by atoms with E-state index in [0.717, 1.165) is 16.6 Å². The molecule has 0 unspecified atom stereocenters. The van der Waals surface area contributed by atoms with E-state index in [4.69, 9.17) is 0 Å². The second-order valence-electron chi connectivity index (χ2n) is 2.66. The van der Waals surface area contributed by atoms with Crippen molar-refractivity contribution < 1.29 is 0 Å². The Morgan fingerprint density at radius 2 is 2.31 bits per heavy atom. The topological polar surface area (TPSA) is 24.9 Å². The Labute approximate surface area is 87.9 Å². The molecule has 5 heteroatoms. The van der Waals surface area contributed by atoms with E-state index in [1.807, 2.05) is 31.0 Å². The van der Waals surface area contributed by atoms with Gasteiger partial charge in [0.15, 0.2) is 0 Å². The predicted octanol–water partition coefficient (Wildman–Crippen LogP) is 2.12. The molecule has 0 radical (unpaired) electrons. The zero-order chi connectivity index (χ0) is 9.26. The first kappa shape index (κ1) is 8.90. The van der Waals surface area contributed by atoms with Crippen molar-refractivity contribution in [3.63, 3.8) is 0 Å². The molecule has 64 valence electrons. The number of rotatable bonds is 1. The van der Waals surface area contributed by atoms with Crippen LogP contribution in [0.15, 0.2) is 29.1 Å². The Bertz CT molecular complexity index is 447. The van der Waals surface area contributed by atoms with Gasteiger partial charge in [-0.1, -0.05) is 0 Å². The summed E-state index contributed by atoms with van der Waals surface area (Å²) in [5.74, 6) is 4.72. The van der Waals surface area contributed by atoms with Crippen LogP contribution in [-0.2, 0) is 0 Å². The van der Waals surface area contributed by atoms with Gasteiger partial charge >= 0.3 is 87.7 Å². The van der Waals surface area contributed by atoms with Crippen molar-refractivity contribution in [2.45, 2.75) is 5.03 Å². The van der Waals surface area contributed by atoms with E-state index in [0.29, 0.717) is 5.03 Å². The summed E-state index contributed by atoms with van der Waals surface area (Å²) < 4.78 is 2.75. The van der Waals surface area contributed by atoms with E-state index in [1.165, 1.54) is 0 Å². The van der Waals surface area contributed by atoms with Gasteiger partial charge in [-0.25, -0.2) is 0 Å². The maximum absolute atomic E-state index is 4.20. The number of nitrogens with one attached hydrogen (secondary N) is 1. The van der Waals surface area contributed by atoms with Gasteiger partial charge in [-0.15, -0.1) is 0 Å². The third kappa shape index (κ3) is 1.66. The van der Waals surface area contributed by atoms with Crippen LogP contribution >= 0.6 is 25.4 Å². The van der Waals surface area contributed by atoms with Crippen LogP contribution in [0.25, 0.3) is 10.8 Å². The Kier molecular flexibility index (Phi) is 2.46. The first-order valence-electron chi connectivity index (χ1n) is 3.80. The van der Waals surface area contributed by atoms with Gasteiger partial charge in [0, 0.05) is 0 Å². The number of nitrogens with zero attached hydrogens (tertiary/aromatic N) is 1. The molecule has 0 aliphatic heterocycles. The summed E-state index contributed by atoms with van der Waals surface area (Å²) in [6, 6.07) is 3.94. The monoisotopic (exact) mass is 206 g/mol. The van der Waals surface area contributed by atoms with Crippen molar-refractivity contribution in [2.75, 3.05) is 4.72 Å². The molecule has 0 aromatic carbocycles. The molecule has 2 aromatic rings. The van der Waals surface area contributed by atoms with Crippen LogP contribution in [0.5, 0.6) is 0 Å². The van der Waals surface area contributed by atoms with Gasteiger partial charge in [-0.2, -0.15) is 0 Å². The SMILES string of the molecule is SNc1nc(S)cc2ccbcc12. The summed E-state index contributed by atoms with van der Waals surface area (Å²) in [4.78, 5) is 4.20. The fourth-order valence-electron chi connectivity index (χ4n) is 1.27. The van der Waals surface area contributed by atoms with Gasteiger partial charge in [0.25, 0.3) is 0 Å². The third-order valence-electron chi connectivity index (χ3n) is 1.83. The van der Waals surface area contributed by atoms with Crippen LogP contribution in [0.2, 0.25) is 0 Å². The van der Waals surface area contributed by atoms with E-state index in [9.17, 15) is 0 Å². The summed E-state index contributed by atoms with van der Waals surface area (Å²) in [5, 5.41) is 2.85. The fourth-order valence-corrected chi connectivity index (χ4v) is 1.68. The molecule has 0 aliphatic carbocycles. The van der Waals surface area contributed by atoms with Crippen molar-refractivity contribution in [3.8, 4) is 0 Å². The van der Waals surface area contributed by atoms with Crippen LogP contribution in [0.3, 0.4) is 0 Å². The minimum atomic E-state index is 0.690. The van der Waals surface area contributed by atoms with Gasteiger partial charge in [-0.05, 0) is 0 Å². The molecule has 0 atom stereocenters. The van der Waals surface area contributed by atoms with Crippen LogP contribution in [0, 0.1) is 0 Å². The van der Waals surface area contributed by atoms with Gasteiger partial charge in [0.2, 0.25) is 0 Å². The minimum absolute atomic E-state index is 0.690. The number of hydrogen-bond acceptors (Lipinski definition) is 4. The van der Waals surface area contributed by atoms with Crippen LogP contribution in [0.1, 0.15) is 0 Å². The molecule has 13 heavy (non-hydrogen) atoms. The van der Waals surface area contributed by atoms with Gasteiger partial charge < -0.3 is 0 Å². The average Bonchev–Trinajstić information content (AvgIpc) is 2.16. The van der Waals surface area contributed by atoms with Crippen LogP contribution < -0.4 is 4.72 Å². The molecular formula is C8H7BN2S2. The zero-order valence-corrected chi connectivity index (χ0v) is 8.52. The van der Waals surface area contributed by atoms with E-state index >= 15 is 0 Å². The average molecular weight is 206 g/mol. The second kappa shape index (κ2) is 3.60. The number of pyridine rings is 1. The van der Waals surface area contributed by atoms with E-state index in [-0.39, 0.29) is 0 Å². The molecule has 2 aromatic heterocycles. The predicted molar refractivity (Wildman–Crippen MR) is 63.0 cm³/mol. The van der Waals surface area contributed by atoms with E-state index in [1.54, 1.807) is 0 Å². The van der Waals surface area contributed by atoms with Crippen molar-refractivity contribution in [2.24, 2.45) is 0 Å². The van der Waals surface area contributed by atoms with Gasteiger partial charge in [-0.3, -0.25) is 0 Å². The molecule has 0 saturated carbocycles. The summed E-state index contributed by atoms with van der Waals surface area (Å²) in [6.45, 7) is 1.97. The van der Waals surface area contributed by atoms with E-state index < -0.39 is 0 Å². The number of thiol groups is 2. The Hall–Kier alpha value is -0.675. The first-order chi connectivity index (χ1) is 6.31. The quantitative estimate of drug-likeness (QED) is 0.623. The van der Waals surface area contributed by atoms with Crippen LogP contribution in [-0.4, -0.2) is 11.9 Å². The molecule has 1 N–H and O–H groups in total. The Morgan fingerprint density at radius 3 is 3.08 bits per heavy atom. The Balaban J connectivity index is 2.81. The number of aromatic nitrogens is 1. The van der Waals surface area contributed by atoms with Gasteiger partial charge in [0.05, 0.1) is 0 Å². The fraction of sp³-hybridized carbons (Fsp3) is 0. The summed E-state index contributed by atoms with van der Waals surface area (Å²) in [7, 11) is 0. The molecular weight excluding hydrogens is 199 g/mol. The normalized spacial score (nSPS) is 10.0. The van der Waals surface area contributed by atoms with Crippen LogP contribution in [0.4, 0.5) is 5.82 Å². The molecule has 0 saturated heterocycles. The molecule has 0 aliphatic rings. The molecule has 0 fully saturated rings. The molecule has 2 rings (SSSR count).